The van der Waals surface area contributed by atoms with Gasteiger partial charge >= 0.3 is 5.97 Å². The van der Waals surface area contributed by atoms with Crippen molar-refractivity contribution < 1.29 is 19.4 Å². The van der Waals surface area contributed by atoms with Crippen LogP contribution in [0.3, 0.4) is 0 Å². The Balaban J connectivity index is 3.56. The van der Waals surface area contributed by atoms with Crippen LogP contribution >= 0.6 is 0 Å². The number of ether oxygens (including phenoxy) is 2. The van der Waals surface area contributed by atoms with E-state index in [0.29, 0.717) is 26.1 Å². The second-order valence-electron chi connectivity index (χ2n) is 4.54. The molecule has 0 rings (SSSR count). The van der Waals surface area contributed by atoms with Gasteiger partial charge in [-0.3, -0.25) is 4.79 Å². The third kappa shape index (κ3) is 10.5. The number of carbonyl (C=O) groups is 1. The Morgan fingerprint density at radius 2 is 1.39 bits per heavy atom. The third-order valence-corrected chi connectivity index (χ3v) is 2.85. The topological polar surface area (TPSA) is 55.8 Å². The Kier molecular flexibility index (Phi) is 12.4. The molecule has 0 spiro atoms. The van der Waals surface area contributed by atoms with Gasteiger partial charge in [0.2, 0.25) is 0 Å². The minimum Gasteiger partial charge on any atom is -0.481 e. The lowest BCUT2D eigenvalue weighted by Crippen LogP contribution is -2.18. The van der Waals surface area contributed by atoms with Crippen molar-refractivity contribution in [2.45, 2.75) is 52.4 Å². The molecule has 0 bridgehead atoms. The maximum atomic E-state index is 11.0. The van der Waals surface area contributed by atoms with Crippen molar-refractivity contribution in [3.05, 3.63) is 0 Å². The first-order valence-electron chi connectivity index (χ1n) is 7.10. The van der Waals surface area contributed by atoms with E-state index >= 15 is 0 Å². The van der Waals surface area contributed by atoms with Crippen LogP contribution in [-0.2, 0) is 14.3 Å². The SMILES string of the molecule is CCCCOCCC(CCOCCCC)C(=O)O. The van der Waals surface area contributed by atoms with Crippen molar-refractivity contribution in [1.82, 2.24) is 0 Å². The zero-order valence-corrected chi connectivity index (χ0v) is 11.8. The third-order valence-electron chi connectivity index (χ3n) is 2.85. The van der Waals surface area contributed by atoms with Gasteiger partial charge < -0.3 is 14.6 Å². The minimum atomic E-state index is -0.742. The quantitative estimate of drug-likeness (QED) is 0.517. The van der Waals surface area contributed by atoms with Gasteiger partial charge in [0.15, 0.2) is 0 Å². The lowest BCUT2D eigenvalue weighted by atomic mass is 10.0. The summed E-state index contributed by atoms with van der Waals surface area (Å²) in [5, 5.41) is 9.07. The van der Waals surface area contributed by atoms with Crippen LogP contribution in [0.1, 0.15) is 52.4 Å². The largest absolute Gasteiger partial charge is 0.481 e. The Morgan fingerprint density at radius 3 is 1.72 bits per heavy atom. The molecule has 0 aromatic carbocycles. The van der Waals surface area contributed by atoms with Gasteiger partial charge in [-0.1, -0.05) is 26.7 Å². The van der Waals surface area contributed by atoms with Crippen molar-refractivity contribution in [3.63, 3.8) is 0 Å². The molecule has 0 aliphatic heterocycles. The first kappa shape index (κ1) is 17.4. The smallest absolute Gasteiger partial charge is 0.306 e. The highest BCUT2D eigenvalue weighted by molar-refractivity contribution is 5.69. The molecule has 0 aliphatic rings. The van der Waals surface area contributed by atoms with E-state index in [9.17, 15) is 4.79 Å². The van der Waals surface area contributed by atoms with Crippen LogP contribution in [0.4, 0.5) is 0 Å². The lowest BCUT2D eigenvalue weighted by molar-refractivity contribution is -0.143. The molecule has 0 heterocycles. The summed E-state index contributed by atoms with van der Waals surface area (Å²) in [6.45, 7) is 6.75. The molecule has 4 heteroatoms. The van der Waals surface area contributed by atoms with Crippen molar-refractivity contribution in [1.29, 1.82) is 0 Å². The van der Waals surface area contributed by atoms with Gasteiger partial charge in [0.25, 0.3) is 0 Å². The van der Waals surface area contributed by atoms with Crippen LogP contribution < -0.4 is 0 Å². The molecular formula is C14H28O4. The predicted octanol–water partition coefficient (Wildman–Crippen LogP) is 3.10. The number of unbranched alkanes of at least 4 members (excludes halogenated alkanes) is 2. The highest BCUT2D eigenvalue weighted by atomic mass is 16.5. The molecular weight excluding hydrogens is 232 g/mol. The fraction of sp³-hybridized carbons (Fsp3) is 0.929. The fourth-order valence-electron chi connectivity index (χ4n) is 1.54. The second-order valence-corrected chi connectivity index (χ2v) is 4.54. The maximum absolute atomic E-state index is 11.0. The van der Waals surface area contributed by atoms with E-state index in [2.05, 4.69) is 13.8 Å². The number of carboxylic acid groups (broad SMARTS) is 1. The monoisotopic (exact) mass is 260 g/mol. The summed E-state index contributed by atoms with van der Waals surface area (Å²) in [7, 11) is 0. The van der Waals surface area contributed by atoms with Crippen LogP contribution in [0.25, 0.3) is 0 Å². The first-order valence-corrected chi connectivity index (χ1v) is 7.10. The van der Waals surface area contributed by atoms with Crippen molar-refractivity contribution >= 4 is 5.97 Å². The van der Waals surface area contributed by atoms with E-state index in [1.54, 1.807) is 0 Å². The van der Waals surface area contributed by atoms with Crippen LogP contribution in [0.5, 0.6) is 0 Å². The summed E-state index contributed by atoms with van der Waals surface area (Å²) >= 11 is 0. The highest BCUT2D eigenvalue weighted by Crippen LogP contribution is 2.10. The van der Waals surface area contributed by atoms with Gasteiger partial charge in [-0.25, -0.2) is 0 Å². The Morgan fingerprint density at radius 1 is 0.944 bits per heavy atom. The molecule has 0 aromatic heterocycles. The molecule has 1 N–H and O–H groups in total. The zero-order chi connectivity index (χ0) is 13.6. The summed E-state index contributed by atoms with van der Waals surface area (Å²) in [6, 6.07) is 0. The molecule has 18 heavy (non-hydrogen) atoms. The van der Waals surface area contributed by atoms with Crippen LogP contribution in [0.15, 0.2) is 0 Å². The summed E-state index contributed by atoms with van der Waals surface area (Å²) in [4.78, 5) is 11.0. The van der Waals surface area contributed by atoms with Crippen LogP contribution in [0.2, 0.25) is 0 Å². The van der Waals surface area contributed by atoms with Crippen molar-refractivity contribution in [3.8, 4) is 0 Å². The van der Waals surface area contributed by atoms with Crippen molar-refractivity contribution in [2.24, 2.45) is 5.92 Å². The molecule has 108 valence electrons. The van der Waals surface area contributed by atoms with E-state index in [1.165, 1.54) is 0 Å². The molecule has 0 saturated carbocycles. The van der Waals surface area contributed by atoms with Crippen LogP contribution in [0, 0.1) is 5.92 Å². The average Bonchev–Trinajstić information content (AvgIpc) is 2.35. The number of hydrogen-bond donors (Lipinski definition) is 1. The van der Waals surface area contributed by atoms with Gasteiger partial charge in [0, 0.05) is 26.4 Å². The average molecular weight is 260 g/mol. The van der Waals surface area contributed by atoms with E-state index in [-0.39, 0.29) is 5.92 Å². The summed E-state index contributed by atoms with van der Waals surface area (Å²) in [5.41, 5.74) is 0. The molecule has 0 saturated heterocycles. The summed E-state index contributed by atoms with van der Waals surface area (Å²) in [6.07, 6.45) is 5.45. The molecule has 0 aliphatic carbocycles. The first-order chi connectivity index (χ1) is 8.72. The number of aliphatic carboxylic acids is 1. The van der Waals surface area contributed by atoms with Gasteiger partial charge in [-0.15, -0.1) is 0 Å². The van der Waals surface area contributed by atoms with E-state index in [4.69, 9.17) is 14.6 Å². The highest BCUT2D eigenvalue weighted by Gasteiger charge is 2.16. The Labute approximate surface area is 111 Å². The Bertz CT molecular complexity index is 180. The van der Waals surface area contributed by atoms with E-state index < -0.39 is 5.97 Å². The summed E-state index contributed by atoms with van der Waals surface area (Å²) < 4.78 is 10.8. The number of rotatable bonds is 13. The Hall–Kier alpha value is -0.610. The van der Waals surface area contributed by atoms with Crippen molar-refractivity contribution in [2.75, 3.05) is 26.4 Å². The molecule has 0 unspecified atom stereocenters. The standard InChI is InChI=1S/C14H28O4/c1-3-5-9-17-11-7-13(14(15)16)8-12-18-10-6-4-2/h13H,3-12H2,1-2H3,(H,15,16). The fourth-order valence-corrected chi connectivity index (χ4v) is 1.54. The second kappa shape index (κ2) is 12.8. The van der Waals surface area contributed by atoms with E-state index in [1.807, 2.05) is 0 Å². The lowest BCUT2D eigenvalue weighted by Gasteiger charge is -2.12. The molecule has 4 nitrogen and oxygen atoms in total. The van der Waals surface area contributed by atoms with Gasteiger partial charge in [0.1, 0.15) is 0 Å². The minimum absolute atomic E-state index is 0.340. The molecule has 0 amide bonds. The summed E-state index contributed by atoms with van der Waals surface area (Å²) in [5.74, 6) is -1.08. The molecule has 0 atom stereocenters. The van der Waals surface area contributed by atoms with Gasteiger partial charge in [-0.2, -0.15) is 0 Å². The van der Waals surface area contributed by atoms with E-state index in [0.717, 1.165) is 38.9 Å². The normalized spacial score (nSPS) is 11.1. The zero-order valence-electron chi connectivity index (χ0n) is 11.8. The molecule has 0 fully saturated rings. The van der Waals surface area contributed by atoms with Crippen LogP contribution in [-0.4, -0.2) is 37.5 Å². The van der Waals surface area contributed by atoms with Gasteiger partial charge in [0.05, 0.1) is 5.92 Å². The number of hydrogen-bond acceptors (Lipinski definition) is 3. The molecule has 0 aromatic rings. The number of carboxylic acids is 1. The molecule has 0 radical (unpaired) electrons. The van der Waals surface area contributed by atoms with Gasteiger partial charge in [-0.05, 0) is 25.7 Å². The predicted molar refractivity (Wildman–Crippen MR) is 71.8 cm³/mol. The maximum Gasteiger partial charge on any atom is 0.306 e.